The zero-order chi connectivity index (χ0) is 14.0. The van der Waals surface area contributed by atoms with E-state index < -0.39 is 11.7 Å². The summed E-state index contributed by atoms with van der Waals surface area (Å²) in [6.45, 7) is 2.34. The second kappa shape index (κ2) is 5.54. The number of nitrogens with one attached hydrogen (secondary N) is 1. The molecule has 0 saturated carbocycles. The predicted octanol–water partition coefficient (Wildman–Crippen LogP) is 5.45. The first-order valence-corrected chi connectivity index (χ1v) is 7.19. The first-order chi connectivity index (χ1) is 8.88. The van der Waals surface area contributed by atoms with E-state index in [9.17, 15) is 13.2 Å². The first kappa shape index (κ1) is 14.4. The summed E-state index contributed by atoms with van der Waals surface area (Å²) in [7, 11) is 0. The molecule has 1 nitrogen and oxygen atoms in total. The van der Waals surface area contributed by atoms with Gasteiger partial charge in [-0.3, -0.25) is 0 Å². The van der Waals surface area contributed by atoms with Crippen LogP contribution in [0.5, 0.6) is 0 Å². The first-order valence-electron chi connectivity index (χ1n) is 5.51. The fraction of sp³-hybridized carbons (Fsp3) is 0.231. The lowest BCUT2D eigenvalue weighted by atomic mass is 10.1. The molecular formula is C13H11BrF3NS. The molecule has 1 heterocycles. The highest BCUT2D eigenvalue weighted by Crippen LogP contribution is 2.36. The van der Waals surface area contributed by atoms with Gasteiger partial charge in [0.2, 0.25) is 0 Å². The number of hydrogen-bond acceptors (Lipinski definition) is 2. The predicted molar refractivity (Wildman–Crippen MR) is 75.5 cm³/mol. The van der Waals surface area contributed by atoms with E-state index in [2.05, 4.69) is 21.2 Å². The van der Waals surface area contributed by atoms with Gasteiger partial charge in [-0.05, 0) is 42.1 Å². The molecule has 0 aliphatic carbocycles. The summed E-state index contributed by atoms with van der Waals surface area (Å²) < 4.78 is 39.2. The van der Waals surface area contributed by atoms with Gasteiger partial charge < -0.3 is 5.32 Å². The third-order valence-electron chi connectivity index (χ3n) is 2.69. The van der Waals surface area contributed by atoms with Crippen LogP contribution in [0.2, 0.25) is 0 Å². The summed E-state index contributed by atoms with van der Waals surface area (Å²) in [5.74, 6) is 0. The lowest BCUT2D eigenvalue weighted by Crippen LogP contribution is -2.10. The van der Waals surface area contributed by atoms with Gasteiger partial charge in [0.05, 0.1) is 5.56 Å². The minimum absolute atomic E-state index is 0.0923. The lowest BCUT2D eigenvalue weighted by molar-refractivity contribution is -0.137. The second-order valence-electron chi connectivity index (χ2n) is 4.07. The van der Waals surface area contributed by atoms with Crippen molar-refractivity contribution in [2.45, 2.75) is 19.6 Å². The van der Waals surface area contributed by atoms with Crippen molar-refractivity contribution in [3.8, 4) is 0 Å². The van der Waals surface area contributed by atoms with E-state index in [0.717, 1.165) is 16.5 Å². The van der Waals surface area contributed by atoms with Gasteiger partial charge in [0.25, 0.3) is 0 Å². The smallest absolute Gasteiger partial charge is 0.380 e. The minimum Gasteiger partial charge on any atom is -0.380 e. The van der Waals surface area contributed by atoms with Crippen LogP contribution in [0.3, 0.4) is 0 Å². The number of anilines is 1. The average molecular weight is 350 g/mol. The molecule has 1 aromatic carbocycles. The molecule has 0 aliphatic rings. The van der Waals surface area contributed by atoms with Gasteiger partial charge in [-0.15, -0.1) is 11.3 Å². The van der Waals surface area contributed by atoms with Gasteiger partial charge in [-0.1, -0.05) is 15.9 Å². The average Bonchev–Trinajstić information content (AvgIpc) is 2.70. The molecule has 19 heavy (non-hydrogen) atoms. The number of alkyl halides is 3. The van der Waals surface area contributed by atoms with E-state index in [1.54, 1.807) is 0 Å². The highest BCUT2D eigenvalue weighted by molar-refractivity contribution is 9.10. The van der Waals surface area contributed by atoms with Gasteiger partial charge in [-0.25, -0.2) is 0 Å². The molecule has 2 aromatic rings. The largest absolute Gasteiger partial charge is 0.418 e. The Labute approximate surface area is 121 Å². The van der Waals surface area contributed by atoms with Crippen LogP contribution in [-0.2, 0) is 12.7 Å². The molecule has 0 bridgehead atoms. The number of hydrogen-bond donors (Lipinski definition) is 1. The highest BCUT2D eigenvalue weighted by atomic mass is 79.9. The molecule has 6 heteroatoms. The maximum atomic E-state index is 12.9. The quantitative estimate of drug-likeness (QED) is 0.776. The van der Waals surface area contributed by atoms with Crippen molar-refractivity contribution < 1.29 is 13.2 Å². The molecule has 0 atom stereocenters. The molecule has 102 valence electrons. The number of benzene rings is 1. The van der Waals surface area contributed by atoms with Crippen molar-refractivity contribution in [3.05, 3.63) is 50.1 Å². The van der Waals surface area contributed by atoms with E-state index in [0.29, 0.717) is 11.0 Å². The van der Waals surface area contributed by atoms with Crippen LogP contribution in [0.25, 0.3) is 0 Å². The number of halogens is 4. The maximum absolute atomic E-state index is 12.9. The normalized spacial score (nSPS) is 11.6. The van der Waals surface area contributed by atoms with Crippen molar-refractivity contribution in [2.75, 3.05) is 5.32 Å². The Morgan fingerprint density at radius 1 is 1.26 bits per heavy atom. The molecular weight excluding hydrogens is 339 g/mol. The topological polar surface area (TPSA) is 12.0 Å². The van der Waals surface area contributed by atoms with Crippen LogP contribution >= 0.6 is 27.3 Å². The molecule has 1 aromatic heterocycles. The summed E-state index contributed by atoms with van der Waals surface area (Å²) >= 11 is 4.72. The standard InChI is InChI=1S/C13H11BrF3NS/c1-8-4-5-19-12(8)7-18-11-6-9(14)2-3-10(11)13(15,16)17/h2-6,18H,7H2,1H3. The SMILES string of the molecule is Cc1ccsc1CNc1cc(Br)ccc1C(F)(F)F. The van der Waals surface area contributed by atoms with E-state index in [1.165, 1.54) is 23.5 Å². The Morgan fingerprint density at radius 3 is 2.58 bits per heavy atom. The molecule has 0 saturated heterocycles. The van der Waals surface area contributed by atoms with Crippen molar-refractivity contribution in [1.29, 1.82) is 0 Å². The van der Waals surface area contributed by atoms with Crippen LogP contribution in [0, 0.1) is 6.92 Å². The van der Waals surface area contributed by atoms with Crippen molar-refractivity contribution in [1.82, 2.24) is 0 Å². The van der Waals surface area contributed by atoms with Gasteiger partial charge in [0, 0.05) is 21.6 Å². The molecule has 0 radical (unpaired) electrons. The van der Waals surface area contributed by atoms with E-state index >= 15 is 0 Å². The van der Waals surface area contributed by atoms with Crippen LogP contribution in [0.1, 0.15) is 16.0 Å². The van der Waals surface area contributed by atoms with E-state index in [1.807, 2.05) is 18.4 Å². The molecule has 0 amide bonds. The van der Waals surface area contributed by atoms with E-state index in [4.69, 9.17) is 0 Å². The van der Waals surface area contributed by atoms with Crippen molar-refractivity contribution >= 4 is 33.0 Å². The van der Waals surface area contributed by atoms with Gasteiger partial charge in [0.15, 0.2) is 0 Å². The summed E-state index contributed by atoms with van der Waals surface area (Å²) in [6.07, 6.45) is -4.35. The van der Waals surface area contributed by atoms with Gasteiger partial charge >= 0.3 is 6.18 Å². The maximum Gasteiger partial charge on any atom is 0.418 e. The molecule has 2 rings (SSSR count). The van der Waals surface area contributed by atoms with Crippen LogP contribution < -0.4 is 5.32 Å². The molecule has 1 N–H and O–H groups in total. The Bertz CT molecular complexity index is 578. The summed E-state index contributed by atoms with van der Waals surface area (Å²) in [5, 5.41) is 4.79. The summed E-state index contributed by atoms with van der Waals surface area (Å²) in [4.78, 5) is 1.04. The lowest BCUT2D eigenvalue weighted by Gasteiger charge is -2.14. The van der Waals surface area contributed by atoms with Crippen molar-refractivity contribution in [2.24, 2.45) is 0 Å². The fourth-order valence-electron chi connectivity index (χ4n) is 1.67. The van der Waals surface area contributed by atoms with Crippen molar-refractivity contribution in [3.63, 3.8) is 0 Å². The number of thiophene rings is 1. The number of rotatable bonds is 3. The van der Waals surface area contributed by atoms with E-state index in [-0.39, 0.29) is 5.69 Å². The fourth-order valence-corrected chi connectivity index (χ4v) is 2.88. The minimum atomic E-state index is -4.35. The summed E-state index contributed by atoms with van der Waals surface area (Å²) in [6, 6.07) is 5.87. The Balaban J connectivity index is 2.24. The van der Waals surface area contributed by atoms with Gasteiger partial charge in [-0.2, -0.15) is 13.2 Å². The highest BCUT2D eigenvalue weighted by Gasteiger charge is 2.33. The third kappa shape index (κ3) is 3.51. The molecule has 0 fully saturated rings. The zero-order valence-electron chi connectivity index (χ0n) is 10.0. The summed E-state index contributed by atoms with van der Waals surface area (Å²) in [5.41, 5.74) is 0.528. The number of aryl methyl sites for hydroxylation is 1. The second-order valence-corrected chi connectivity index (χ2v) is 5.98. The Kier molecular flexibility index (Phi) is 4.20. The van der Waals surface area contributed by atoms with Gasteiger partial charge in [0.1, 0.15) is 0 Å². The molecule has 0 spiro atoms. The van der Waals surface area contributed by atoms with Crippen LogP contribution in [0.15, 0.2) is 34.1 Å². The Hall–Kier alpha value is -1.01. The monoisotopic (exact) mass is 349 g/mol. The van der Waals surface area contributed by atoms with Crippen LogP contribution in [-0.4, -0.2) is 0 Å². The van der Waals surface area contributed by atoms with Crippen LogP contribution in [0.4, 0.5) is 18.9 Å². The third-order valence-corrected chi connectivity index (χ3v) is 4.21. The zero-order valence-corrected chi connectivity index (χ0v) is 12.4. The molecule has 0 unspecified atom stereocenters. The molecule has 0 aliphatic heterocycles. The Morgan fingerprint density at radius 2 is 2.00 bits per heavy atom.